The summed E-state index contributed by atoms with van der Waals surface area (Å²) < 4.78 is 7.54. The Morgan fingerprint density at radius 2 is 1.22 bits per heavy atom. The van der Waals surface area contributed by atoms with E-state index in [2.05, 4.69) is 40.2 Å². The van der Waals surface area contributed by atoms with Gasteiger partial charge in [-0.3, -0.25) is 0 Å². The van der Waals surface area contributed by atoms with Crippen molar-refractivity contribution in [1.82, 2.24) is 0 Å². The molecule has 0 unspecified atom stereocenters. The Bertz CT molecular complexity index is 101. The number of halogens is 2. The Kier molecular flexibility index (Phi) is 9.79. The molecule has 0 saturated carbocycles. The number of rotatable bonds is 0. The van der Waals surface area contributed by atoms with Crippen LogP contribution in [0.5, 0.6) is 0 Å². The van der Waals surface area contributed by atoms with Crippen molar-refractivity contribution in [3.63, 3.8) is 0 Å². The van der Waals surface area contributed by atoms with E-state index >= 15 is 0 Å². The zero-order valence-electron chi connectivity index (χ0n) is 3.39. The standard InChI is InChI=1S/C2Br2O4.Na.H/c3-7-1(5)2(6)8-4;;. The van der Waals surface area contributed by atoms with E-state index < -0.39 is 11.9 Å². The third-order valence-corrected chi connectivity index (χ3v) is 0.895. The molecule has 0 bridgehead atoms. The van der Waals surface area contributed by atoms with Crippen molar-refractivity contribution >= 4 is 74.0 Å². The molecule has 0 atom stereocenters. The molecular formula is C2HBr2NaO4. The number of carbonyl (C=O) groups excluding carboxylic acids is 2. The third-order valence-electron chi connectivity index (χ3n) is 0.307. The topological polar surface area (TPSA) is 52.6 Å². The van der Waals surface area contributed by atoms with Gasteiger partial charge in [-0.15, -0.1) is 0 Å². The van der Waals surface area contributed by atoms with E-state index in [0.717, 1.165) is 0 Å². The molecule has 0 saturated heterocycles. The van der Waals surface area contributed by atoms with E-state index in [1.165, 1.54) is 0 Å². The Morgan fingerprint density at radius 1 is 1.00 bits per heavy atom. The van der Waals surface area contributed by atoms with E-state index in [1.807, 2.05) is 0 Å². The predicted molar refractivity (Wildman–Crippen MR) is 37.2 cm³/mol. The molecule has 0 heterocycles. The average molecular weight is 272 g/mol. The van der Waals surface area contributed by atoms with Gasteiger partial charge in [0.15, 0.2) is 32.5 Å². The Labute approximate surface area is 90.5 Å². The molecule has 0 aliphatic rings. The van der Waals surface area contributed by atoms with Crippen LogP contribution in [-0.4, -0.2) is 41.5 Å². The second-order valence-electron chi connectivity index (χ2n) is 0.729. The molecule has 0 fully saturated rings. The first-order valence-corrected chi connectivity index (χ1v) is 2.67. The van der Waals surface area contributed by atoms with E-state index in [0.29, 0.717) is 0 Å². The monoisotopic (exact) mass is 270 g/mol. The normalized spacial score (nSPS) is 6.89. The van der Waals surface area contributed by atoms with Crippen molar-refractivity contribution in [3.8, 4) is 0 Å². The van der Waals surface area contributed by atoms with Gasteiger partial charge in [0.05, 0.1) is 0 Å². The first kappa shape index (κ1) is 12.6. The predicted octanol–water partition coefficient (Wildman–Crippen LogP) is 0.0441. The fourth-order valence-corrected chi connectivity index (χ4v) is 0.327. The summed E-state index contributed by atoms with van der Waals surface area (Å²) in [6.45, 7) is 0. The summed E-state index contributed by atoms with van der Waals surface area (Å²) in [5, 5.41) is 0. The number of carbonyl (C=O) groups is 2. The molecule has 0 aliphatic carbocycles. The zero-order valence-corrected chi connectivity index (χ0v) is 6.56. The summed E-state index contributed by atoms with van der Waals surface area (Å²) in [5.41, 5.74) is 0. The minimum atomic E-state index is -1.11. The van der Waals surface area contributed by atoms with E-state index in [-0.39, 0.29) is 29.6 Å². The van der Waals surface area contributed by atoms with Gasteiger partial charge in [-0.05, 0) is 0 Å². The Hall–Kier alpha value is 0.900. The van der Waals surface area contributed by atoms with Gasteiger partial charge in [0.2, 0.25) is 0 Å². The van der Waals surface area contributed by atoms with Gasteiger partial charge in [-0.25, -0.2) is 9.59 Å². The van der Waals surface area contributed by atoms with Crippen LogP contribution in [0.3, 0.4) is 0 Å². The van der Waals surface area contributed by atoms with Crippen LogP contribution < -0.4 is 0 Å². The van der Waals surface area contributed by atoms with Gasteiger partial charge in [0, 0.05) is 0 Å². The van der Waals surface area contributed by atoms with Crippen molar-refractivity contribution in [1.29, 1.82) is 0 Å². The molecule has 4 nitrogen and oxygen atoms in total. The fraction of sp³-hybridized carbons (Fsp3) is 0. The molecule has 0 rings (SSSR count). The molecule has 7 heteroatoms. The molecule has 0 radical (unpaired) electrons. The van der Waals surface area contributed by atoms with Crippen LogP contribution in [0.25, 0.3) is 0 Å². The number of hydrogen-bond donors (Lipinski definition) is 0. The summed E-state index contributed by atoms with van der Waals surface area (Å²) in [7, 11) is 0. The van der Waals surface area contributed by atoms with Gasteiger partial charge in [-0.1, -0.05) is 0 Å². The first-order chi connectivity index (χ1) is 3.72. The maximum atomic E-state index is 9.97. The van der Waals surface area contributed by atoms with Crippen LogP contribution in [0.4, 0.5) is 0 Å². The molecular weight excluding hydrogens is 271 g/mol. The molecule has 0 aromatic carbocycles. The molecule has 0 spiro atoms. The SMILES string of the molecule is O=C(OBr)C(=O)OBr.[NaH]. The second kappa shape index (κ2) is 7.01. The molecule has 0 amide bonds. The van der Waals surface area contributed by atoms with Crippen molar-refractivity contribution in [2.45, 2.75) is 0 Å². The summed E-state index contributed by atoms with van der Waals surface area (Å²) in [4.78, 5) is 19.9. The molecule has 9 heavy (non-hydrogen) atoms. The van der Waals surface area contributed by atoms with Gasteiger partial charge in [0.1, 0.15) is 0 Å². The van der Waals surface area contributed by atoms with E-state index in [9.17, 15) is 9.59 Å². The summed E-state index contributed by atoms with van der Waals surface area (Å²) in [6, 6.07) is 0. The van der Waals surface area contributed by atoms with Crippen LogP contribution in [0.1, 0.15) is 0 Å². The maximum absolute atomic E-state index is 9.97. The minimum absolute atomic E-state index is 0. The van der Waals surface area contributed by atoms with Gasteiger partial charge in [-0.2, -0.15) is 0 Å². The summed E-state index contributed by atoms with van der Waals surface area (Å²) >= 11 is 4.57. The van der Waals surface area contributed by atoms with E-state index in [4.69, 9.17) is 0 Å². The summed E-state index contributed by atoms with van der Waals surface area (Å²) in [6.07, 6.45) is 0. The van der Waals surface area contributed by atoms with Crippen LogP contribution in [0.2, 0.25) is 0 Å². The van der Waals surface area contributed by atoms with Crippen LogP contribution in [0.15, 0.2) is 0 Å². The van der Waals surface area contributed by atoms with Crippen molar-refractivity contribution in [2.75, 3.05) is 0 Å². The van der Waals surface area contributed by atoms with E-state index in [1.54, 1.807) is 0 Å². The molecule has 48 valence electrons. The first-order valence-electron chi connectivity index (χ1n) is 1.38. The van der Waals surface area contributed by atoms with Gasteiger partial charge in [0.25, 0.3) is 0 Å². The fourth-order valence-electron chi connectivity index (χ4n) is 0.0630. The Balaban J connectivity index is 0. The van der Waals surface area contributed by atoms with Gasteiger partial charge < -0.3 is 7.66 Å². The van der Waals surface area contributed by atoms with Crippen LogP contribution in [0, 0.1) is 0 Å². The van der Waals surface area contributed by atoms with Crippen LogP contribution >= 0.6 is 32.5 Å². The zero-order chi connectivity index (χ0) is 6.57. The molecule has 0 N–H and O–H groups in total. The average Bonchev–Trinajstić information content (AvgIpc) is 1.84. The second-order valence-corrected chi connectivity index (χ2v) is 1.38. The molecule has 0 aromatic rings. The quantitative estimate of drug-likeness (QED) is 0.461. The number of hydrogen-bond acceptors (Lipinski definition) is 4. The van der Waals surface area contributed by atoms with Crippen molar-refractivity contribution < 1.29 is 17.2 Å². The third kappa shape index (κ3) is 5.35. The van der Waals surface area contributed by atoms with Crippen molar-refractivity contribution in [2.24, 2.45) is 0 Å². The van der Waals surface area contributed by atoms with Gasteiger partial charge >= 0.3 is 41.5 Å². The molecule has 0 aromatic heterocycles. The van der Waals surface area contributed by atoms with Crippen molar-refractivity contribution in [3.05, 3.63) is 0 Å². The molecule has 0 aliphatic heterocycles. The summed E-state index contributed by atoms with van der Waals surface area (Å²) in [5.74, 6) is -2.22. The Morgan fingerprint density at radius 3 is 1.33 bits per heavy atom. The van der Waals surface area contributed by atoms with Crippen LogP contribution in [-0.2, 0) is 17.2 Å².